The van der Waals surface area contributed by atoms with E-state index >= 15 is 0 Å². The number of esters is 1. The summed E-state index contributed by atoms with van der Waals surface area (Å²) in [5.74, 6) is -0.844. The predicted octanol–water partition coefficient (Wildman–Crippen LogP) is 4.02. The smallest absolute Gasteiger partial charge is 0.338 e. The van der Waals surface area contributed by atoms with Crippen molar-refractivity contribution in [3.05, 3.63) is 82.7 Å². The van der Waals surface area contributed by atoms with Crippen LogP contribution in [0.15, 0.2) is 54.6 Å². The van der Waals surface area contributed by atoms with Gasteiger partial charge in [-0.15, -0.1) is 0 Å². The minimum atomic E-state index is -0.541. The van der Waals surface area contributed by atoms with E-state index in [-0.39, 0.29) is 18.3 Å². The molecule has 4 rings (SSSR count). The first-order chi connectivity index (χ1) is 14.4. The average molecular weight is 402 g/mol. The Hall–Kier alpha value is -3.67. The highest BCUT2D eigenvalue weighted by atomic mass is 16.5. The zero-order valence-electron chi connectivity index (χ0n) is 16.9. The highest BCUT2D eigenvalue weighted by Crippen LogP contribution is 2.24. The summed E-state index contributed by atoms with van der Waals surface area (Å²) in [5.41, 5.74) is 5.68. The number of aryl methyl sites for hydroxylation is 3. The van der Waals surface area contributed by atoms with Gasteiger partial charge in [-0.25, -0.2) is 4.79 Å². The first-order valence-corrected chi connectivity index (χ1v) is 9.81. The molecule has 30 heavy (non-hydrogen) atoms. The van der Waals surface area contributed by atoms with Crippen LogP contribution in [0.5, 0.6) is 0 Å². The summed E-state index contributed by atoms with van der Waals surface area (Å²) in [5, 5.41) is 2.78. The third-order valence-corrected chi connectivity index (χ3v) is 5.29. The summed E-state index contributed by atoms with van der Waals surface area (Å²) in [6, 6.07) is 16.3. The number of aromatic nitrogens is 1. The van der Waals surface area contributed by atoms with E-state index < -0.39 is 5.97 Å². The van der Waals surface area contributed by atoms with Gasteiger partial charge in [0, 0.05) is 34.7 Å². The number of Topliss-reactive ketones (excluding diaryl/α,β-unsaturated/α-hetero) is 1. The molecular weight excluding hydrogens is 380 g/mol. The molecule has 0 bridgehead atoms. The van der Waals surface area contributed by atoms with Crippen LogP contribution < -0.4 is 5.32 Å². The molecule has 0 saturated carbocycles. The van der Waals surface area contributed by atoms with Crippen molar-refractivity contribution in [1.82, 2.24) is 4.57 Å². The van der Waals surface area contributed by atoms with Gasteiger partial charge in [-0.2, -0.15) is 0 Å². The number of ether oxygens (including phenoxy) is 1. The minimum absolute atomic E-state index is 0.0244. The molecule has 2 aromatic carbocycles. The molecule has 3 aromatic rings. The van der Waals surface area contributed by atoms with Crippen LogP contribution >= 0.6 is 0 Å². The zero-order valence-corrected chi connectivity index (χ0v) is 16.9. The first-order valence-electron chi connectivity index (χ1n) is 9.81. The molecule has 1 N–H and O–H groups in total. The lowest BCUT2D eigenvalue weighted by atomic mass is 9.99. The van der Waals surface area contributed by atoms with Crippen molar-refractivity contribution in [3.8, 4) is 5.69 Å². The van der Waals surface area contributed by atoms with Crippen LogP contribution in [-0.2, 0) is 16.0 Å². The fourth-order valence-corrected chi connectivity index (χ4v) is 3.68. The molecule has 1 aliphatic heterocycles. The lowest BCUT2D eigenvalue weighted by Crippen LogP contribution is -2.20. The Morgan fingerprint density at radius 1 is 0.933 bits per heavy atom. The number of hydrogen-bond donors (Lipinski definition) is 1. The van der Waals surface area contributed by atoms with E-state index in [0.717, 1.165) is 28.3 Å². The third-order valence-electron chi connectivity index (χ3n) is 5.29. The van der Waals surface area contributed by atoms with Crippen molar-refractivity contribution in [2.24, 2.45) is 0 Å². The predicted molar refractivity (Wildman–Crippen MR) is 113 cm³/mol. The lowest BCUT2D eigenvalue weighted by Gasteiger charge is -2.17. The number of rotatable bonds is 5. The summed E-state index contributed by atoms with van der Waals surface area (Å²) < 4.78 is 7.31. The number of carbonyl (C=O) groups is 3. The Labute approximate surface area is 174 Å². The van der Waals surface area contributed by atoms with Crippen LogP contribution in [0, 0.1) is 13.8 Å². The van der Waals surface area contributed by atoms with E-state index in [0.29, 0.717) is 24.0 Å². The number of ketones is 1. The van der Waals surface area contributed by atoms with E-state index in [4.69, 9.17) is 4.74 Å². The van der Waals surface area contributed by atoms with Crippen molar-refractivity contribution in [1.29, 1.82) is 0 Å². The molecule has 0 saturated heterocycles. The van der Waals surface area contributed by atoms with E-state index in [1.807, 2.05) is 38.1 Å². The second-order valence-electron chi connectivity index (χ2n) is 7.42. The average Bonchev–Trinajstić information content (AvgIpc) is 3.09. The van der Waals surface area contributed by atoms with Gasteiger partial charge in [-0.05, 0) is 80.4 Å². The molecule has 2 heterocycles. The number of nitrogens with one attached hydrogen (secondary N) is 1. The molecule has 0 unspecified atom stereocenters. The first kappa shape index (κ1) is 19.6. The Morgan fingerprint density at radius 3 is 2.30 bits per heavy atom. The summed E-state index contributed by atoms with van der Waals surface area (Å²) in [6.07, 6.45) is 0.993. The molecule has 1 aromatic heterocycles. The summed E-state index contributed by atoms with van der Waals surface area (Å²) in [4.78, 5) is 36.2. The number of benzene rings is 2. The molecule has 1 amide bonds. The Balaban J connectivity index is 1.40. The van der Waals surface area contributed by atoms with E-state index in [9.17, 15) is 14.4 Å². The van der Waals surface area contributed by atoms with Gasteiger partial charge in [0.05, 0.1) is 5.56 Å². The van der Waals surface area contributed by atoms with Gasteiger partial charge in [0.1, 0.15) is 0 Å². The molecule has 0 spiro atoms. The maximum absolute atomic E-state index is 12.4. The van der Waals surface area contributed by atoms with Crippen LogP contribution in [0.3, 0.4) is 0 Å². The molecule has 1 aliphatic rings. The maximum atomic E-state index is 12.4. The number of hydrogen-bond acceptors (Lipinski definition) is 4. The van der Waals surface area contributed by atoms with Crippen LogP contribution in [0.25, 0.3) is 5.69 Å². The normalized spacial score (nSPS) is 12.8. The van der Waals surface area contributed by atoms with Gasteiger partial charge in [-0.1, -0.05) is 0 Å². The molecular formula is C24H22N2O4. The van der Waals surface area contributed by atoms with E-state index in [1.165, 1.54) is 0 Å². The van der Waals surface area contributed by atoms with Crippen LogP contribution in [0.1, 0.15) is 44.1 Å². The van der Waals surface area contributed by atoms with Gasteiger partial charge in [-0.3, -0.25) is 9.59 Å². The van der Waals surface area contributed by atoms with E-state index in [2.05, 4.69) is 9.88 Å². The van der Waals surface area contributed by atoms with Gasteiger partial charge in [0.2, 0.25) is 5.91 Å². The van der Waals surface area contributed by atoms with Crippen LogP contribution in [-0.4, -0.2) is 28.8 Å². The molecule has 152 valence electrons. The monoisotopic (exact) mass is 402 g/mol. The minimum Gasteiger partial charge on any atom is -0.454 e. The molecule has 0 radical (unpaired) electrons. The van der Waals surface area contributed by atoms with Gasteiger partial charge < -0.3 is 14.6 Å². The highest BCUT2D eigenvalue weighted by molar-refractivity contribution is 6.01. The standard InChI is InChI=1S/C24H22N2O4/c1-15-3-4-16(2)26(15)20-9-5-17(6-10-20)24(29)30-14-22(27)19-7-11-21-18(13-19)8-12-23(28)25-21/h3-7,9-11,13H,8,12,14H2,1-2H3,(H,25,28). The number of anilines is 1. The van der Waals surface area contributed by atoms with Crippen molar-refractivity contribution in [3.63, 3.8) is 0 Å². The van der Waals surface area contributed by atoms with Crippen molar-refractivity contribution in [2.75, 3.05) is 11.9 Å². The third kappa shape index (κ3) is 3.89. The van der Waals surface area contributed by atoms with Crippen molar-refractivity contribution in [2.45, 2.75) is 26.7 Å². The highest BCUT2D eigenvalue weighted by Gasteiger charge is 2.18. The fourth-order valence-electron chi connectivity index (χ4n) is 3.68. The Kier molecular flexibility index (Phi) is 5.23. The van der Waals surface area contributed by atoms with Crippen LogP contribution in [0.2, 0.25) is 0 Å². The lowest BCUT2D eigenvalue weighted by molar-refractivity contribution is -0.116. The number of amides is 1. The molecule has 6 nitrogen and oxygen atoms in total. The SMILES string of the molecule is Cc1ccc(C)n1-c1ccc(C(=O)OCC(=O)c2ccc3c(c2)CCC(=O)N3)cc1. The van der Waals surface area contributed by atoms with Crippen molar-refractivity contribution >= 4 is 23.3 Å². The Bertz CT molecular complexity index is 1120. The number of fused-ring (bicyclic) bond motifs is 1. The molecule has 0 fully saturated rings. The number of carbonyl (C=O) groups excluding carboxylic acids is 3. The molecule has 6 heteroatoms. The van der Waals surface area contributed by atoms with Crippen LogP contribution in [0.4, 0.5) is 5.69 Å². The molecule has 0 atom stereocenters. The largest absolute Gasteiger partial charge is 0.454 e. The van der Waals surface area contributed by atoms with E-state index in [1.54, 1.807) is 30.3 Å². The number of nitrogens with zero attached hydrogens (tertiary/aromatic N) is 1. The van der Waals surface area contributed by atoms with Crippen molar-refractivity contribution < 1.29 is 19.1 Å². The van der Waals surface area contributed by atoms with Gasteiger partial charge in [0.15, 0.2) is 12.4 Å². The zero-order chi connectivity index (χ0) is 21.3. The topological polar surface area (TPSA) is 77.4 Å². The summed E-state index contributed by atoms with van der Waals surface area (Å²) in [6.45, 7) is 3.71. The summed E-state index contributed by atoms with van der Waals surface area (Å²) in [7, 11) is 0. The molecule has 0 aliphatic carbocycles. The maximum Gasteiger partial charge on any atom is 0.338 e. The van der Waals surface area contributed by atoms with Gasteiger partial charge in [0.25, 0.3) is 0 Å². The van der Waals surface area contributed by atoms with Gasteiger partial charge >= 0.3 is 5.97 Å². The summed E-state index contributed by atoms with van der Waals surface area (Å²) >= 11 is 0. The second kappa shape index (κ2) is 7.99. The Morgan fingerprint density at radius 2 is 1.60 bits per heavy atom. The quantitative estimate of drug-likeness (QED) is 0.517. The second-order valence-corrected chi connectivity index (χ2v) is 7.42. The fraction of sp³-hybridized carbons (Fsp3) is 0.208.